The van der Waals surface area contributed by atoms with Gasteiger partial charge in [-0.15, -0.1) is 9.98 Å². The molecule has 8 heteroatoms. The summed E-state index contributed by atoms with van der Waals surface area (Å²) in [4.78, 5) is 46.6. The monoisotopic (exact) mass is 203 g/mol. The summed E-state index contributed by atoms with van der Waals surface area (Å²) in [7, 11) is 0. The van der Waals surface area contributed by atoms with Crippen molar-refractivity contribution in [2.24, 2.45) is 15.0 Å². The number of hydrogen-bond acceptors (Lipinski definition) is 8. The van der Waals surface area contributed by atoms with Crippen LogP contribution in [0.4, 0.5) is 17.3 Å². The van der Waals surface area contributed by atoms with Gasteiger partial charge in [-0.3, -0.25) is 0 Å². The van der Waals surface area contributed by atoms with Crippen molar-refractivity contribution in [3.05, 3.63) is 6.33 Å². The molecule has 8 nitrogen and oxygen atoms in total. The van der Waals surface area contributed by atoms with Crippen LogP contribution in [-0.4, -0.2) is 28.2 Å². The van der Waals surface area contributed by atoms with Crippen LogP contribution in [0.3, 0.4) is 0 Å². The molecule has 15 heavy (non-hydrogen) atoms. The predicted octanol–water partition coefficient (Wildman–Crippen LogP) is 0.378. The van der Waals surface area contributed by atoms with Crippen molar-refractivity contribution >= 4 is 35.6 Å². The molecule has 1 heterocycles. The second kappa shape index (κ2) is 5.06. The van der Waals surface area contributed by atoms with Crippen LogP contribution in [0, 0.1) is 0 Å². The van der Waals surface area contributed by atoms with E-state index in [9.17, 15) is 14.4 Å². The van der Waals surface area contributed by atoms with Crippen molar-refractivity contribution in [2.75, 3.05) is 0 Å². The van der Waals surface area contributed by atoms with E-state index >= 15 is 0 Å². The first-order valence-electron chi connectivity index (χ1n) is 3.42. The average molecular weight is 203 g/mol. The highest BCUT2D eigenvalue weighted by molar-refractivity contribution is 5.74. The van der Waals surface area contributed by atoms with Gasteiger partial charge in [-0.1, -0.05) is 0 Å². The van der Waals surface area contributed by atoms with Crippen LogP contribution in [0.25, 0.3) is 0 Å². The molecule has 0 aliphatic rings. The average Bonchev–Trinajstić information content (AvgIpc) is 2.23. The molecule has 0 aliphatic carbocycles. The van der Waals surface area contributed by atoms with Crippen LogP contribution < -0.4 is 0 Å². The van der Waals surface area contributed by atoms with E-state index in [0.29, 0.717) is 0 Å². The Morgan fingerprint density at radius 3 is 1.73 bits per heavy atom. The van der Waals surface area contributed by atoms with Crippen LogP contribution in [0.1, 0.15) is 0 Å². The number of nitrogens with zero attached hydrogens (tertiary/aromatic N) is 5. The highest BCUT2D eigenvalue weighted by atomic mass is 16.1. The van der Waals surface area contributed by atoms with Gasteiger partial charge in [0.1, 0.15) is 6.33 Å². The fourth-order valence-corrected chi connectivity index (χ4v) is 0.756. The van der Waals surface area contributed by atoms with Gasteiger partial charge < -0.3 is 0 Å². The van der Waals surface area contributed by atoms with Gasteiger partial charge in [0.25, 0.3) is 0 Å². The Morgan fingerprint density at radius 2 is 1.33 bits per heavy atom. The number of hydrogen-bond donors (Lipinski definition) is 0. The highest BCUT2D eigenvalue weighted by Crippen LogP contribution is 2.32. The largest absolute Gasteiger partial charge is 0.242 e. The highest BCUT2D eigenvalue weighted by Gasteiger charge is 2.09. The van der Waals surface area contributed by atoms with E-state index in [1.807, 2.05) is 0 Å². The first kappa shape index (κ1) is 10.3. The third-order valence-electron chi connectivity index (χ3n) is 1.24. The first-order chi connectivity index (χ1) is 7.33. The third-order valence-corrected chi connectivity index (χ3v) is 1.24. The second-order valence-corrected chi connectivity index (χ2v) is 1.98. The van der Waals surface area contributed by atoms with Crippen LogP contribution in [0.5, 0.6) is 0 Å². The van der Waals surface area contributed by atoms with E-state index in [1.54, 1.807) is 0 Å². The zero-order valence-electron chi connectivity index (χ0n) is 7.04. The smallest absolute Gasteiger partial charge is 0.214 e. The molecule has 0 amide bonds. The molecule has 72 valence electrons. The lowest BCUT2D eigenvalue weighted by Crippen LogP contribution is -1.81. The number of carbonyl (C=O) groups excluding carboxylic acids is 3. The minimum absolute atomic E-state index is 0.225. The Balaban J connectivity index is 3.53. The van der Waals surface area contributed by atoms with Gasteiger partial charge in [-0.25, -0.2) is 24.4 Å². The Hall–Kier alpha value is -2.78. The molecule has 0 spiro atoms. The lowest BCUT2D eigenvalue weighted by molar-refractivity contribution is 0.563. The topological polar surface area (TPSA) is 114 Å². The molecule has 0 aliphatic heterocycles. The molecule has 0 aromatic carbocycles. The molecule has 1 aromatic heterocycles. The maximum atomic E-state index is 10.1. The Bertz CT molecular complexity index is 485. The zero-order chi connectivity index (χ0) is 11.1. The predicted molar refractivity (Wildman–Crippen MR) is 45.4 cm³/mol. The SMILES string of the molecule is O=C=Nc1ncnc(N=C=O)c1N=C=O. The molecule has 0 atom stereocenters. The summed E-state index contributed by atoms with van der Waals surface area (Å²) in [6, 6.07) is 0. The summed E-state index contributed by atoms with van der Waals surface area (Å²) >= 11 is 0. The summed E-state index contributed by atoms with van der Waals surface area (Å²) in [6.07, 6.45) is 4.61. The van der Waals surface area contributed by atoms with Gasteiger partial charge in [0.05, 0.1) is 0 Å². The summed E-state index contributed by atoms with van der Waals surface area (Å²) in [5, 5.41) is 0. The lowest BCUT2D eigenvalue weighted by Gasteiger charge is -1.96. The molecule has 0 radical (unpaired) electrons. The minimum atomic E-state index is -0.237. The van der Waals surface area contributed by atoms with Crippen LogP contribution in [0.15, 0.2) is 21.3 Å². The number of aliphatic imine (C=N–C) groups is 3. The van der Waals surface area contributed by atoms with E-state index in [4.69, 9.17) is 0 Å². The van der Waals surface area contributed by atoms with Crippen LogP contribution >= 0.6 is 0 Å². The van der Waals surface area contributed by atoms with Crippen molar-refractivity contribution in [3.8, 4) is 0 Å². The van der Waals surface area contributed by atoms with Crippen molar-refractivity contribution in [3.63, 3.8) is 0 Å². The summed E-state index contributed by atoms with van der Waals surface area (Å²) in [6.45, 7) is 0. The number of aromatic nitrogens is 2. The molecule has 0 bridgehead atoms. The van der Waals surface area contributed by atoms with Crippen molar-refractivity contribution < 1.29 is 14.4 Å². The summed E-state index contributed by atoms with van der Waals surface area (Å²) in [5.41, 5.74) is -0.237. The van der Waals surface area contributed by atoms with Gasteiger partial charge >= 0.3 is 0 Å². The molecule has 1 rings (SSSR count). The first-order valence-corrected chi connectivity index (χ1v) is 3.42. The van der Waals surface area contributed by atoms with Crippen molar-refractivity contribution in [2.45, 2.75) is 0 Å². The van der Waals surface area contributed by atoms with E-state index in [-0.39, 0.29) is 17.3 Å². The van der Waals surface area contributed by atoms with E-state index < -0.39 is 0 Å². The molecule has 0 saturated carbocycles. The van der Waals surface area contributed by atoms with Gasteiger partial charge in [0.2, 0.25) is 18.2 Å². The number of rotatable bonds is 3. The molecule has 0 N–H and O–H groups in total. The van der Waals surface area contributed by atoms with Crippen molar-refractivity contribution in [1.82, 2.24) is 9.97 Å². The fraction of sp³-hybridized carbons (Fsp3) is 0. The molecule has 0 fully saturated rings. The fourth-order valence-electron chi connectivity index (χ4n) is 0.756. The molecular weight excluding hydrogens is 202 g/mol. The Morgan fingerprint density at radius 1 is 0.867 bits per heavy atom. The second-order valence-electron chi connectivity index (χ2n) is 1.98. The number of isocyanates is 3. The van der Waals surface area contributed by atoms with Gasteiger partial charge in [0, 0.05) is 0 Å². The van der Waals surface area contributed by atoms with Crippen molar-refractivity contribution in [1.29, 1.82) is 0 Å². The van der Waals surface area contributed by atoms with Gasteiger partial charge in [0.15, 0.2) is 17.3 Å². The third kappa shape index (κ3) is 2.33. The Labute approximate surface area is 82.1 Å². The minimum Gasteiger partial charge on any atom is -0.214 e. The van der Waals surface area contributed by atoms with Crippen LogP contribution in [0.2, 0.25) is 0 Å². The van der Waals surface area contributed by atoms with Gasteiger partial charge in [-0.05, 0) is 0 Å². The standard InChI is InChI=1S/C7HN5O3/c13-2-10-5-6(11-3-14)8-1-9-7(5)12-4-15/h1H. The Kier molecular flexibility index (Phi) is 3.47. The molecular formula is C7HN5O3. The summed E-state index contributed by atoms with van der Waals surface area (Å²) in [5.74, 6) is -0.449. The van der Waals surface area contributed by atoms with E-state index in [1.165, 1.54) is 18.2 Å². The zero-order valence-corrected chi connectivity index (χ0v) is 7.04. The molecule has 0 saturated heterocycles. The molecule has 1 aromatic rings. The quantitative estimate of drug-likeness (QED) is 0.520. The maximum absolute atomic E-state index is 10.1. The molecule has 0 unspecified atom stereocenters. The lowest BCUT2D eigenvalue weighted by atomic mass is 10.4. The van der Waals surface area contributed by atoms with Gasteiger partial charge in [-0.2, -0.15) is 4.99 Å². The normalized spacial score (nSPS) is 8.00. The van der Waals surface area contributed by atoms with Crippen LogP contribution in [-0.2, 0) is 14.4 Å². The van der Waals surface area contributed by atoms with E-state index in [0.717, 1.165) is 6.33 Å². The summed E-state index contributed by atoms with van der Waals surface area (Å²) < 4.78 is 0. The maximum Gasteiger partial charge on any atom is 0.242 e. The van der Waals surface area contributed by atoms with E-state index in [2.05, 4.69) is 24.9 Å².